The van der Waals surface area contributed by atoms with E-state index in [1.807, 2.05) is 4.57 Å². The Balaban J connectivity index is 0.00000324. The molecule has 188 valence electrons. The van der Waals surface area contributed by atoms with Crippen molar-refractivity contribution in [1.29, 1.82) is 0 Å². The standard InChI is InChI=1S/C24H29F4N3O2.ClH/c1-14-16(3-2-4-21(14)25)11-20(33)12-17(7-8-32)22-29-30-23(31(22)19-5-6-19)18-9-15(10-18)13-24(26,27)28;/h2-4,15,17-19,32H,5-13H2,1H3;1H/t15?,17-,18?;/m0./s1. The van der Waals surface area contributed by atoms with E-state index in [-0.39, 0.29) is 67.3 Å². The predicted molar refractivity (Wildman–Crippen MR) is 121 cm³/mol. The number of benzene rings is 1. The molecule has 0 saturated heterocycles. The van der Waals surface area contributed by atoms with E-state index >= 15 is 0 Å². The molecule has 1 atom stereocenters. The molecule has 10 heteroatoms. The first-order chi connectivity index (χ1) is 15.7. The van der Waals surface area contributed by atoms with Crippen LogP contribution < -0.4 is 0 Å². The minimum atomic E-state index is -4.16. The summed E-state index contributed by atoms with van der Waals surface area (Å²) in [5.41, 5.74) is 1.09. The summed E-state index contributed by atoms with van der Waals surface area (Å²) in [6, 6.07) is 4.87. The predicted octanol–water partition coefficient (Wildman–Crippen LogP) is 5.60. The van der Waals surface area contributed by atoms with Crippen molar-refractivity contribution in [2.24, 2.45) is 5.92 Å². The van der Waals surface area contributed by atoms with Gasteiger partial charge < -0.3 is 9.67 Å². The van der Waals surface area contributed by atoms with E-state index in [1.54, 1.807) is 19.1 Å². The number of carbonyl (C=O) groups excluding carboxylic acids is 1. The molecule has 2 aliphatic rings. The average molecular weight is 504 g/mol. The fraction of sp³-hybridized carbons (Fsp3) is 0.625. The van der Waals surface area contributed by atoms with Crippen molar-refractivity contribution in [2.45, 2.75) is 82.3 Å². The van der Waals surface area contributed by atoms with Crippen LogP contribution in [0.25, 0.3) is 0 Å². The Bertz CT molecular complexity index is 1000. The van der Waals surface area contributed by atoms with Crippen molar-refractivity contribution >= 4 is 18.2 Å². The summed E-state index contributed by atoms with van der Waals surface area (Å²) < 4.78 is 53.9. The molecular formula is C24H30ClF4N3O2. The number of aromatic nitrogens is 3. The third kappa shape index (κ3) is 6.16. The number of alkyl halides is 3. The summed E-state index contributed by atoms with van der Waals surface area (Å²) in [5.74, 6) is 0.126. The molecule has 2 aliphatic carbocycles. The molecule has 2 fully saturated rings. The maximum Gasteiger partial charge on any atom is 0.389 e. The highest BCUT2D eigenvalue weighted by Crippen LogP contribution is 2.49. The molecule has 0 unspecified atom stereocenters. The minimum Gasteiger partial charge on any atom is -0.396 e. The molecule has 1 N–H and O–H groups in total. The van der Waals surface area contributed by atoms with Crippen LogP contribution in [0.1, 0.15) is 85.6 Å². The van der Waals surface area contributed by atoms with Crippen LogP contribution >= 0.6 is 12.4 Å². The number of carbonyl (C=O) groups is 1. The van der Waals surface area contributed by atoms with Crippen molar-refractivity contribution in [3.8, 4) is 0 Å². The van der Waals surface area contributed by atoms with E-state index in [9.17, 15) is 27.5 Å². The third-order valence-corrected chi connectivity index (χ3v) is 6.87. The molecule has 5 nitrogen and oxygen atoms in total. The minimum absolute atomic E-state index is 0. The van der Waals surface area contributed by atoms with Gasteiger partial charge in [-0.05, 0) is 62.1 Å². The van der Waals surface area contributed by atoms with Gasteiger partial charge >= 0.3 is 6.18 Å². The van der Waals surface area contributed by atoms with Crippen LogP contribution in [0.3, 0.4) is 0 Å². The number of aliphatic hydroxyl groups excluding tert-OH is 1. The number of aliphatic hydroxyl groups is 1. The van der Waals surface area contributed by atoms with Crippen molar-refractivity contribution in [3.63, 3.8) is 0 Å². The van der Waals surface area contributed by atoms with Crippen LogP contribution in [0.4, 0.5) is 17.6 Å². The van der Waals surface area contributed by atoms with E-state index in [1.165, 1.54) is 6.07 Å². The van der Waals surface area contributed by atoms with Crippen molar-refractivity contribution in [1.82, 2.24) is 14.8 Å². The molecule has 2 aromatic rings. The van der Waals surface area contributed by atoms with Crippen molar-refractivity contribution in [2.75, 3.05) is 6.61 Å². The maximum absolute atomic E-state index is 13.8. The van der Waals surface area contributed by atoms with Crippen LogP contribution in [0.2, 0.25) is 0 Å². The number of rotatable bonds is 10. The van der Waals surface area contributed by atoms with E-state index < -0.39 is 12.6 Å². The zero-order chi connectivity index (χ0) is 23.8. The molecule has 2 saturated carbocycles. The van der Waals surface area contributed by atoms with Gasteiger partial charge in [-0.1, -0.05) is 12.1 Å². The van der Waals surface area contributed by atoms with Gasteiger partial charge in [0.25, 0.3) is 0 Å². The van der Waals surface area contributed by atoms with E-state index in [2.05, 4.69) is 10.2 Å². The van der Waals surface area contributed by atoms with Gasteiger partial charge in [0.15, 0.2) is 0 Å². The van der Waals surface area contributed by atoms with Gasteiger partial charge in [-0.15, -0.1) is 22.6 Å². The molecule has 0 aliphatic heterocycles. The Morgan fingerprint density at radius 3 is 2.56 bits per heavy atom. The third-order valence-electron chi connectivity index (χ3n) is 6.87. The van der Waals surface area contributed by atoms with Crippen LogP contribution in [0.5, 0.6) is 0 Å². The lowest BCUT2D eigenvalue weighted by molar-refractivity contribution is -0.151. The fourth-order valence-corrected chi connectivity index (χ4v) is 4.90. The summed E-state index contributed by atoms with van der Waals surface area (Å²) in [4.78, 5) is 12.8. The van der Waals surface area contributed by atoms with E-state index in [0.29, 0.717) is 42.0 Å². The first kappa shape index (κ1) is 26.6. The Kier molecular flexibility index (Phi) is 8.39. The molecule has 0 radical (unpaired) electrons. The lowest BCUT2D eigenvalue weighted by atomic mass is 9.72. The van der Waals surface area contributed by atoms with Crippen LogP contribution in [-0.4, -0.2) is 38.4 Å². The first-order valence-electron chi connectivity index (χ1n) is 11.5. The zero-order valence-electron chi connectivity index (χ0n) is 19.0. The molecule has 1 aromatic heterocycles. The number of Topliss-reactive ketones (excluding diaryl/α,β-unsaturated/α-hetero) is 1. The second-order valence-corrected chi connectivity index (χ2v) is 9.52. The molecule has 0 amide bonds. The molecule has 34 heavy (non-hydrogen) atoms. The smallest absolute Gasteiger partial charge is 0.389 e. The molecule has 4 rings (SSSR count). The highest BCUT2D eigenvalue weighted by Gasteiger charge is 2.43. The first-order valence-corrected chi connectivity index (χ1v) is 11.5. The van der Waals surface area contributed by atoms with E-state index in [0.717, 1.165) is 12.8 Å². The number of hydrogen-bond donors (Lipinski definition) is 1. The van der Waals surface area contributed by atoms with Crippen LogP contribution in [0, 0.1) is 18.7 Å². The topological polar surface area (TPSA) is 68.0 Å². The van der Waals surface area contributed by atoms with Gasteiger partial charge in [-0.2, -0.15) is 13.2 Å². The van der Waals surface area contributed by atoms with Crippen molar-refractivity contribution in [3.05, 3.63) is 46.8 Å². The van der Waals surface area contributed by atoms with Crippen LogP contribution in [0.15, 0.2) is 18.2 Å². The molecular weight excluding hydrogens is 474 g/mol. The summed E-state index contributed by atoms with van der Waals surface area (Å²) in [7, 11) is 0. The van der Waals surface area contributed by atoms with Gasteiger partial charge in [-0.3, -0.25) is 4.79 Å². The Morgan fingerprint density at radius 1 is 1.24 bits per heavy atom. The van der Waals surface area contributed by atoms with Gasteiger partial charge in [-0.25, -0.2) is 4.39 Å². The second-order valence-electron chi connectivity index (χ2n) is 9.52. The molecule has 1 aromatic carbocycles. The highest BCUT2D eigenvalue weighted by molar-refractivity contribution is 5.85. The number of nitrogens with zero attached hydrogens (tertiary/aromatic N) is 3. The number of hydrogen-bond acceptors (Lipinski definition) is 4. The Morgan fingerprint density at radius 2 is 1.94 bits per heavy atom. The quantitative estimate of drug-likeness (QED) is 0.429. The van der Waals surface area contributed by atoms with Crippen molar-refractivity contribution < 1.29 is 27.5 Å². The Hall–Kier alpha value is -2.00. The average Bonchev–Trinajstić information content (AvgIpc) is 3.45. The number of halogens is 5. The SMILES string of the molecule is Cc1c(F)cccc1CC(=O)C[C@H](CCO)c1nnc(C2CC(CC(F)(F)F)C2)n1C1CC1.Cl. The monoisotopic (exact) mass is 503 g/mol. The van der Waals surface area contributed by atoms with Gasteiger partial charge in [0.05, 0.1) is 0 Å². The van der Waals surface area contributed by atoms with E-state index in [4.69, 9.17) is 0 Å². The van der Waals surface area contributed by atoms with Crippen LogP contribution in [-0.2, 0) is 11.2 Å². The summed E-state index contributed by atoms with van der Waals surface area (Å²) in [6.07, 6.45) is -1.59. The van der Waals surface area contributed by atoms with Gasteiger partial charge in [0, 0.05) is 43.7 Å². The molecule has 0 spiro atoms. The molecule has 0 bridgehead atoms. The zero-order valence-corrected chi connectivity index (χ0v) is 19.8. The normalized spacial score (nSPS) is 21.0. The molecule has 1 heterocycles. The largest absolute Gasteiger partial charge is 0.396 e. The summed E-state index contributed by atoms with van der Waals surface area (Å²) in [6.45, 7) is 1.52. The number of ketones is 1. The summed E-state index contributed by atoms with van der Waals surface area (Å²) in [5, 5.41) is 18.3. The van der Waals surface area contributed by atoms with Gasteiger partial charge in [0.1, 0.15) is 23.2 Å². The van der Waals surface area contributed by atoms with Gasteiger partial charge in [0.2, 0.25) is 0 Å². The summed E-state index contributed by atoms with van der Waals surface area (Å²) >= 11 is 0. The highest BCUT2D eigenvalue weighted by atomic mass is 35.5. The fourth-order valence-electron chi connectivity index (χ4n) is 4.90. The maximum atomic E-state index is 13.8. The lowest BCUT2D eigenvalue weighted by Crippen LogP contribution is -2.29. The Labute approximate surface area is 202 Å². The second kappa shape index (κ2) is 10.7. The lowest BCUT2D eigenvalue weighted by Gasteiger charge is -2.35.